The zero-order valence-corrected chi connectivity index (χ0v) is 7.96. The molecule has 1 rings (SSSR count). The fraction of sp³-hybridized carbons (Fsp3) is 0.286. The highest BCUT2D eigenvalue weighted by Gasteiger charge is 2.30. The summed E-state index contributed by atoms with van der Waals surface area (Å²) in [5.41, 5.74) is 0. The highest BCUT2D eigenvalue weighted by atomic mass is 79.9. The topological polar surface area (TPSA) is 42.4 Å². The largest absolute Gasteiger partial charge is 0.429 e. The number of ether oxygens (including phenoxy) is 1. The van der Waals surface area contributed by atoms with Crippen LogP contribution in [0.3, 0.4) is 0 Å². The van der Waals surface area contributed by atoms with Crippen LogP contribution >= 0.6 is 15.9 Å². The smallest absolute Gasteiger partial charge is 0.421 e. The van der Waals surface area contributed by atoms with Crippen molar-refractivity contribution in [2.45, 2.75) is 6.11 Å². The van der Waals surface area contributed by atoms with Crippen LogP contribution in [0.15, 0.2) is 22.9 Å². The number of halogens is 3. The Bertz CT molecular complexity index is 278. The number of alkyl halides is 2. The Morgan fingerprint density at radius 2 is 2.23 bits per heavy atom. The summed E-state index contributed by atoms with van der Waals surface area (Å²) in [5, 5.41) is 8.21. The van der Waals surface area contributed by atoms with Crippen molar-refractivity contribution < 1.29 is 18.6 Å². The van der Waals surface area contributed by atoms with Crippen LogP contribution in [0.2, 0.25) is 0 Å². The van der Waals surface area contributed by atoms with Gasteiger partial charge in [0.15, 0.2) is 0 Å². The van der Waals surface area contributed by atoms with E-state index in [1.165, 1.54) is 12.1 Å². The van der Waals surface area contributed by atoms with Crippen LogP contribution in [0.5, 0.6) is 5.75 Å². The maximum Gasteiger partial charge on any atom is 0.421 e. The fourth-order valence-electron chi connectivity index (χ4n) is 0.627. The van der Waals surface area contributed by atoms with Gasteiger partial charge in [0, 0.05) is 0 Å². The Hall–Kier alpha value is -0.750. The van der Waals surface area contributed by atoms with Gasteiger partial charge in [-0.2, -0.15) is 8.78 Å². The van der Waals surface area contributed by atoms with Crippen molar-refractivity contribution >= 4 is 15.9 Å². The Balaban J connectivity index is 2.69. The molecule has 0 radical (unpaired) electrons. The Morgan fingerprint density at radius 3 is 2.69 bits per heavy atom. The van der Waals surface area contributed by atoms with Gasteiger partial charge in [-0.1, -0.05) is 0 Å². The number of hydrogen-bond acceptors (Lipinski definition) is 3. The zero-order valence-electron chi connectivity index (χ0n) is 6.38. The number of pyridine rings is 1. The third-order valence-electron chi connectivity index (χ3n) is 1.15. The van der Waals surface area contributed by atoms with Gasteiger partial charge in [-0.05, 0) is 28.1 Å². The SMILES string of the molecule is OCC(F)(F)Oc1ccc(Br)nc1. The van der Waals surface area contributed by atoms with Gasteiger partial charge >= 0.3 is 6.11 Å². The Morgan fingerprint density at radius 1 is 1.54 bits per heavy atom. The molecule has 1 aromatic heterocycles. The Labute approximate surface area is 81.5 Å². The van der Waals surface area contributed by atoms with Crippen molar-refractivity contribution in [2.24, 2.45) is 0 Å². The highest BCUT2D eigenvalue weighted by molar-refractivity contribution is 9.10. The van der Waals surface area contributed by atoms with Gasteiger partial charge in [-0.3, -0.25) is 0 Å². The molecule has 0 aliphatic heterocycles. The van der Waals surface area contributed by atoms with Crippen LogP contribution in [-0.2, 0) is 0 Å². The van der Waals surface area contributed by atoms with E-state index in [0.717, 1.165) is 6.20 Å². The lowest BCUT2D eigenvalue weighted by atomic mass is 10.4. The van der Waals surface area contributed by atoms with Crippen LogP contribution in [0.4, 0.5) is 8.78 Å². The minimum absolute atomic E-state index is 0.0951. The van der Waals surface area contributed by atoms with Gasteiger partial charge in [-0.25, -0.2) is 4.98 Å². The van der Waals surface area contributed by atoms with E-state index in [4.69, 9.17) is 5.11 Å². The second-order valence-corrected chi connectivity index (χ2v) is 3.03. The molecule has 0 aliphatic carbocycles. The number of aliphatic hydroxyl groups is 1. The highest BCUT2D eigenvalue weighted by Crippen LogP contribution is 2.21. The van der Waals surface area contributed by atoms with E-state index in [1.807, 2.05) is 0 Å². The molecule has 0 aliphatic rings. The van der Waals surface area contributed by atoms with Gasteiger partial charge in [0.2, 0.25) is 0 Å². The monoisotopic (exact) mass is 253 g/mol. The number of nitrogens with zero attached hydrogens (tertiary/aromatic N) is 1. The molecular weight excluding hydrogens is 248 g/mol. The molecule has 0 saturated carbocycles. The van der Waals surface area contributed by atoms with Gasteiger partial charge in [-0.15, -0.1) is 0 Å². The molecule has 0 bridgehead atoms. The summed E-state index contributed by atoms with van der Waals surface area (Å²) in [6.45, 7) is -1.36. The average molecular weight is 254 g/mol. The van der Waals surface area contributed by atoms with Crippen molar-refractivity contribution in [3.63, 3.8) is 0 Å². The van der Waals surface area contributed by atoms with E-state index in [1.54, 1.807) is 0 Å². The molecule has 0 amide bonds. The first-order valence-electron chi connectivity index (χ1n) is 3.33. The van der Waals surface area contributed by atoms with E-state index in [-0.39, 0.29) is 5.75 Å². The molecule has 1 heterocycles. The summed E-state index contributed by atoms with van der Waals surface area (Å²) in [4.78, 5) is 3.67. The molecule has 0 spiro atoms. The summed E-state index contributed by atoms with van der Waals surface area (Å²) in [7, 11) is 0. The number of aromatic nitrogens is 1. The third-order valence-corrected chi connectivity index (χ3v) is 1.62. The van der Waals surface area contributed by atoms with Crippen LogP contribution in [-0.4, -0.2) is 22.8 Å². The minimum Gasteiger partial charge on any atom is -0.429 e. The third kappa shape index (κ3) is 3.23. The summed E-state index contributed by atoms with van der Waals surface area (Å²) >= 11 is 3.04. The van der Waals surface area contributed by atoms with Crippen molar-refractivity contribution in [2.75, 3.05) is 6.61 Å². The summed E-state index contributed by atoms with van der Waals surface area (Å²) in [6, 6.07) is 2.78. The molecule has 0 fully saturated rings. The molecule has 0 atom stereocenters. The first kappa shape index (κ1) is 10.3. The molecule has 0 aromatic carbocycles. The maximum atomic E-state index is 12.4. The molecule has 0 saturated heterocycles. The molecular formula is C7H6BrF2NO2. The zero-order chi connectivity index (χ0) is 9.90. The van der Waals surface area contributed by atoms with Crippen LogP contribution in [0, 0.1) is 0 Å². The molecule has 1 aromatic rings. The van der Waals surface area contributed by atoms with Crippen LogP contribution < -0.4 is 4.74 Å². The predicted octanol–water partition coefficient (Wildman–Crippen LogP) is 1.81. The molecule has 13 heavy (non-hydrogen) atoms. The summed E-state index contributed by atoms with van der Waals surface area (Å²) in [6.07, 6.45) is -2.43. The van der Waals surface area contributed by atoms with Crippen molar-refractivity contribution in [3.8, 4) is 5.75 Å². The Kier molecular flexibility index (Phi) is 3.16. The van der Waals surface area contributed by atoms with E-state index >= 15 is 0 Å². The summed E-state index contributed by atoms with van der Waals surface area (Å²) < 4.78 is 29.5. The molecule has 1 N–H and O–H groups in total. The van der Waals surface area contributed by atoms with Crippen molar-refractivity contribution in [1.82, 2.24) is 4.98 Å². The van der Waals surface area contributed by atoms with Gasteiger partial charge < -0.3 is 9.84 Å². The van der Waals surface area contributed by atoms with Crippen molar-refractivity contribution in [3.05, 3.63) is 22.9 Å². The lowest BCUT2D eigenvalue weighted by Crippen LogP contribution is -2.29. The van der Waals surface area contributed by atoms with E-state index in [9.17, 15) is 8.78 Å². The van der Waals surface area contributed by atoms with Gasteiger partial charge in [0.05, 0.1) is 6.20 Å². The van der Waals surface area contributed by atoms with Crippen LogP contribution in [0.25, 0.3) is 0 Å². The normalized spacial score (nSPS) is 11.4. The molecule has 3 nitrogen and oxygen atoms in total. The van der Waals surface area contributed by atoms with Crippen molar-refractivity contribution in [1.29, 1.82) is 0 Å². The predicted molar refractivity (Wildman–Crippen MR) is 44.6 cm³/mol. The summed E-state index contributed by atoms with van der Waals surface area (Å²) in [5.74, 6) is -0.0951. The quantitative estimate of drug-likeness (QED) is 0.836. The average Bonchev–Trinajstić information content (AvgIpc) is 2.09. The second kappa shape index (κ2) is 3.97. The van der Waals surface area contributed by atoms with E-state index in [0.29, 0.717) is 4.60 Å². The molecule has 72 valence electrons. The molecule has 0 unspecified atom stereocenters. The first-order valence-corrected chi connectivity index (χ1v) is 4.12. The fourth-order valence-corrected chi connectivity index (χ4v) is 0.862. The second-order valence-electron chi connectivity index (χ2n) is 2.21. The van der Waals surface area contributed by atoms with Gasteiger partial charge in [0.1, 0.15) is 17.0 Å². The lowest BCUT2D eigenvalue weighted by Gasteiger charge is -2.14. The number of aliphatic hydroxyl groups excluding tert-OH is 1. The molecule has 6 heteroatoms. The standard InChI is InChI=1S/C7H6BrF2NO2/c8-6-2-1-5(3-11-6)13-7(9,10)4-12/h1-3,12H,4H2. The van der Waals surface area contributed by atoms with Crippen LogP contribution in [0.1, 0.15) is 0 Å². The van der Waals surface area contributed by atoms with Gasteiger partial charge in [0.25, 0.3) is 0 Å². The number of rotatable bonds is 3. The first-order chi connectivity index (χ1) is 6.03. The number of hydrogen-bond donors (Lipinski definition) is 1. The van der Waals surface area contributed by atoms with E-state index in [2.05, 4.69) is 25.7 Å². The van der Waals surface area contributed by atoms with E-state index < -0.39 is 12.7 Å². The minimum atomic E-state index is -3.56. The lowest BCUT2D eigenvalue weighted by molar-refractivity contribution is -0.201. The maximum absolute atomic E-state index is 12.4.